The third-order valence-electron chi connectivity index (χ3n) is 3.82. The van der Waals surface area contributed by atoms with Crippen LogP contribution in [0.2, 0.25) is 0 Å². The Morgan fingerprint density at radius 3 is 2.58 bits per heavy atom. The Kier molecular flexibility index (Phi) is 4.59. The van der Waals surface area contributed by atoms with Gasteiger partial charge in [-0.25, -0.2) is 5.01 Å². The zero-order chi connectivity index (χ0) is 13.8. The van der Waals surface area contributed by atoms with Crippen LogP contribution < -0.4 is 0 Å². The molecule has 3 heteroatoms. The van der Waals surface area contributed by atoms with Gasteiger partial charge in [-0.15, -0.1) is 0 Å². The van der Waals surface area contributed by atoms with Crippen molar-refractivity contribution in [1.82, 2.24) is 10.0 Å². The first-order valence-electron chi connectivity index (χ1n) is 7.26. The van der Waals surface area contributed by atoms with Gasteiger partial charge in [-0.2, -0.15) is 0 Å². The lowest BCUT2D eigenvalue weighted by Crippen LogP contribution is -2.39. The summed E-state index contributed by atoms with van der Waals surface area (Å²) in [6.07, 6.45) is 6.03. The summed E-state index contributed by atoms with van der Waals surface area (Å²) in [5.74, 6) is 0.140. The zero-order valence-electron chi connectivity index (χ0n) is 12.2. The van der Waals surface area contributed by atoms with Crippen molar-refractivity contribution in [2.24, 2.45) is 0 Å². The van der Waals surface area contributed by atoms with E-state index < -0.39 is 0 Å². The molecule has 0 radical (unpaired) electrons. The SMILES string of the molecule is CCCCCCC1c2ccccc2C(=O)N1N(C)C. The van der Waals surface area contributed by atoms with Gasteiger partial charge in [0.15, 0.2) is 0 Å². The Balaban J connectivity index is 2.15. The van der Waals surface area contributed by atoms with Crippen molar-refractivity contribution in [1.29, 1.82) is 0 Å². The molecule has 1 amide bonds. The number of rotatable bonds is 6. The predicted octanol–water partition coefficient (Wildman–Crippen LogP) is 3.63. The minimum Gasteiger partial charge on any atom is -0.268 e. The van der Waals surface area contributed by atoms with Crippen molar-refractivity contribution in [3.05, 3.63) is 35.4 Å². The topological polar surface area (TPSA) is 23.6 Å². The van der Waals surface area contributed by atoms with Gasteiger partial charge in [0.2, 0.25) is 0 Å². The van der Waals surface area contributed by atoms with Crippen LogP contribution in [0, 0.1) is 0 Å². The quantitative estimate of drug-likeness (QED) is 0.729. The average Bonchev–Trinajstić information content (AvgIpc) is 2.69. The van der Waals surface area contributed by atoms with Gasteiger partial charge in [-0.3, -0.25) is 9.80 Å². The monoisotopic (exact) mass is 260 g/mol. The van der Waals surface area contributed by atoms with Crippen molar-refractivity contribution in [2.75, 3.05) is 14.1 Å². The summed E-state index contributed by atoms with van der Waals surface area (Å²) in [4.78, 5) is 12.4. The van der Waals surface area contributed by atoms with Crippen molar-refractivity contribution < 1.29 is 4.79 Å². The number of amides is 1. The van der Waals surface area contributed by atoms with E-state index in [4.69, 9.17) is 0 Å². The molecule has 0 saturated carbocycles. The molecule has 0 aromatic heterocycles. The number of hydrogen-bond acceptors (Lipinski definition) is 2. The Labute approximate surface area is 116 Å². The van der Waals surface area contributed by atoms with Crippen LogP contribution in [-0.4, -0.2) is 30.0 Å². The largest absolute Gasteiger partial charge is 0.269 e. The van der Waals surface area contributed by atoms with E-state index >= 15 is 0 Å². The molecule has 1 heterocycles. The molecular formula is C16H24N2O. The summed E-state index contributed by atoms with van der Waals surface area (Å²) in [5, 5.41) is 3.82. The number of hydrogen-bond donors (Lipinski definition) is 0. The lowest BCUT2D eigenvalue weighted by Gasteiger charge is -2.31. The van der Waals surface area contributed by atoms with Crippen molar-refractivity contribution >= 4 is 5.91 Å². The summed E-state index contributed by atoms with van der Waals surface area (Å²) in [5.41, 5.74) is 2.06. The van der Waals surface area contributed by atoms with E-state index in [-0.39, 0.29) is 11.9 Å². The van der Waals surface area contributed by atoms with E-state index in [0.717, 1.165) is 12.0 Å². The summed E-state index contributed by atoms with van der Waals surface area (Å²) >= 11 is 0. The second-order valence-corrected chi connectivity index (χ2v) is 5.45. The van der Waals surface area contributed by atoms with Crippen LogP contribution in [0.3, 0.4) is 0 Å². The van der Waals surface area contributed by atoms with Crippen LogP contribution in [0.1, 0.15) is 61.0 Å². The number of nitrogens with zero attached hydrogens (tertiary/aromatic N) is 2. The van der Waals surface area contributed by atoms with Crippen LogP contribution in [0.5, 0.6) is 0 Å². The van der Waals surface area contributed by atoms with Gasteiger partial charge in [0.25, 0.3) is 5.91 Å². The third-order valence-corrected chi connectivity index (χ3v) is 3.82. The van der Waals surface area contributed by atoms with Crippen LogP contribution in [0.15, 0.2) is 24.3 Å². The third kappa shape index (κ3) is 2.81. The van der Waals surface area contributed by atoms with Crippen LogP contribution >= 0.6 is 0 Å². The molecule has 1 aliphatic heterocycles. The highest BCUT2D eigenvalue weighted by atomic mass is 16.2. The second kappa shape index (κ2) is 6.20. The molecule has 0 N–H and O–H groups in total. The van der Waals surface area contributed by atoms with E-state index in [1.165, 1.54) is 31.2 Å². The number of fused-ring (bicyclic) bond motifs is 1. The van der Waals surface area contributed by atoms with Crippen molar-refractivity contribution in [3.63, 3.8) is 0 Å². The molecule has 104 valence electrons. The van der Waals surface area contributed by atoms with Gasteiger partial charge in [-0.1, -0.05) is 50.8 Å². The van der Waals surface area contributed by atoms with Gasteiger partial charge < -0.3 is 0 Å². The van der Waals surface area contributed by atoms with Gasteiger partial charge in [-0.05, 0) is 18.1 Å². The number of carbonyl (C=O) groups is 1. The maximum absolute atomic E-state index is 12.4. The fourth-order valence-electron chi connectivity index (χ4n) is 2.88. The van der Waals surface area contributed by atoms with E-state index in [9.17, 15) is 4.79 Å². The van der Waals surface area contributed by atoms with Crippen LogP contribution in [0.25, 0.3) is 0 Å². The highest BCUT2D eigenvalue weighted by Crippen LogP contribution is 2.37. The maximum Gasteiger partial charge on any atom is 0.269 e. The predicted molar refractivity (Wildman–Crippen MR) is 77.8 cm³/mol. The molecule has 1 atom stereocenters. The Bertz CT molecular complexity index is 442. The van der Waals surface area contributed by atoms with Gasteiger partial charge in [0, 0.05) is 19.7 Å². The molecule has 3 nitrogen and oxygen atoms in total. The molecule has 0 spiro atoms. The molecule has 1 aromatic carbocycles. The summed E-state index contributed by atoms with van der Waals surface area (Å²) in [6.45, 7) is 2.22. The molecule has 2 rings (SSSR count). The van der Waals surface area contributed by atoms with Crippen LogP contribution in [-0.2, 0) is 0 Å². The molecule has 0 fully saturated rings. The summed E-state index contributed by atoms with van der Waals surface area (Å²) < 4.78 is 0. The molecule has 19 heavy (non-hydrogen) atoms. The molecule has 1 aliphatic rings. The average molecular weight is 260 g/mol. The van der Waals surface area contributed by atoms with Gasteiger partial charge in [0.1, 0.15) is 0 Å². The van der Waals surface area contributed by atoms with E-state index in [1.54, 1.807) is 0 Å². The summed E-state index contributed by atoms with van der Waals surface area (Å²) in [7, 11) is 3.89. The molecule has 0 saturated heterocycles. The summed E-state index contributed by atoms with van der Waals surface area (Å²) in [6, 6.07) is 8.24. The first-order valence-corrected chi connectivity index (χ1v) is 7.26. The Morgan fingerprint density at radius 2 is 1.89 bits per heavy atom. The lowest BCUT2D eigenvalue weighted by molar-refractivity contribution is 0.0000674. The normalized spacial score (nSPS) is 18.2. The Hall–Kier alpha value is -1.35. The number of benzene rings is 1. The maximum atomic E-state index is 12.4. The number of hydrazine groups is 1. The zero-order valence-corrected chi connectivity index (χ0v) is 12.2. The number of carbonyl (C=O) groups excluding carboxylic acids is 1. The Morgan fingerprint density at radius 1 is 1.16 bits per heavy atom. The standard InChI is InChI=1S/C16H24N2O/c1-4-5-6-7-12-15-13-10-8-9-11-14(13)16(19)18(15)17(2)3/h8-11,15H,4-7,12H2,1-3H3. The van der Waals surface area contributed by atoms with Gasteiger partial charge >= 0.3 is 0 Å². The fraction of sp³-hybridized carbons (Fsp3) is 0.562. The van der Waals surface area contributed by atoms with E-state index in [1.807, 2.05) is 42.3 Å². The molecule has 0 bridgehead atoms. The highest BCUT2D eigenvalue weighted by Gasteiger charge is 2.37. The minimum atomic E-state index is 0.140. The van der Waals surface area contributed by atoms with Crippen LogP contribution in [0.4, 0.5) is 0 Å². The van der Waals surface area contributed by atoms with Crippen molar-refractivity contribution in [3.8, 4) is 0 Å². The van der Waals surface area contributed by atoms with E-state index in [2.05, 4.69) is 13.0 Å². The van der Waals surface area contributed by atoms with Crippen molar-refractivity contribution in [2.45, 2.75) is 45.1 Å². The fourth-order valence-corrected chi connectivity index (χ4v) is 2.88. The smallest absolute Gasteiger partial charge is 0.268 e. The number of unbranched alkanes of at least 4 members (excludes halogenated alkanes) is 3. The lowest BCUT2D eigenvalue weighted by atomic mass is 9.99. The first kappa shape index (κ1) is 14.1. The van der Waals surface area contributed by atoms with Gasteiger partial charge in [0.05, 0.1) is 6.04 Å². The van der Waals surface area contributed by atoms with E-state index in [0.29, 0.717) is 0 Å². The first-order chi connectivity index (χ1) is 9.16. The molecule has 0 aliphatic carbocycles. The molecular weight excluding hydrogens is 236 g/mol. The highest BCUT2D eigenvalue weighted by molar-refractivity contribution is 5.98. The second-order valence-electron chi connectivity index (χ2n) is 5.45. The molecule has 1 aromatic rings. The molecule has 1 unspecified atom stereocenters. The minimum absolute atomic E-state index is 0.140.